The highest BCUT2D eigenvalue weighted by Crippen LogP contribution is 2.37. The van der Waals surface area contributed by atoms with Gasteiger partial charge in [-0.3, -0.25) is 9.69 Å². The van der Waals surface area contributed by atoms with E-state index in [0.717, 1.165) is 24.8 Å². The molecule has 2 N–H and O–H groups in total. The normalized spacial score (nSPS) is 23.0. The number of aliphatic imine (C=N–C) groups is 1. The third kappa shape index (κ3) is 4.50. The van der Waals surface area contributed by atoms with Gasteiger partial charge in [0.1, 0.15) is 17.0 Å². The van der Waals surface area contributed by atoms with E-state index in [1.807, 2.05) is 26.0 Å². The summed E-state index contributed by atoms with van der Waals surface area (Å²) in [6.07, 6.45) is 6.43. The minimum atomic E-state index is -0.473. The van der Waals surface area contributed by atoms with E-state index in [-0.39, 0.29) is 18.0 Å². The summed E-state index contributed by atoms with van der Waals surface area (Å²) < 4.78 is 11.7. The maximum atomic E-state index is 12.3. The summed E-state index contributed by atoms with van der Waals surface area (Å²) in [6, 6.07) is 6.00. The number of allylic oxidation sites excluding steroid dienone is 1. The Bertz CT molecular complexity index is 783. The van der Waals surface area contributed by atoms with Gasteiger partial charge in [-0.05, 0) is 62.8 Å². The van der Waals surface area contributed by atoms with Crippen molar-refractivity contribution in [3.05, 3.63) is 29.8 Å². The Hall–Kier alpha value is -2.34. The zero-order valence-corrected chi connectivity index (χ0v) is 16.6. The van der Waals surface area contributed by atoms with Gasteiger partial charge in [0, 0.05) is 20.6 Å². The van der Waals surface area contributed by atoms with Gasteiger partial charge in [-0.25, -0.2) is 4.99 Å². The van der Waals surface area contributed by atoms with Crippen LogP contribution >= 0.6 is 0 Å². The fourth-order valence-electron chi connectivity index (χ4n) is 3.45. The van der Waals surface area contributed by atoms with E-state index in [2.05, 4.69) is 17.1 Å². The Morgan fingerprint density at radius 3 is 2.85 bits per heavy atom. The molecule has 1 atom stereocenters. The SMILES string of the molecule is COC1C=C(c2ccc3c(c2)N=C(N)N(C)C(=O)CCC(C)(C)O3)CCC1. The third-order valence-corrected chi connectivity index (χ3v) is 5.23. The van der Waals surface area contributed by atoms with Crippen LogP contribution < -0.4 is 10.5 Å². The summed E-state index contributed by atoms with van der Waals surface area (Å²) in [5.41, 5.74) is 8.57. The first-order chi connectivity index (χ1) is 12.8. The second kappa shape index (κ2) is 7.72. The van der Waals surface area contributed by atoms with Gasteiger partial charge in [-0.2, -0.15) is 0 Å². The van der Waals surface area contributed by atoms with Gasteiger partial charge in [0.25, 0.3) is 0 Å². The number of nitrogens with zero attached hydrogens (tertiary/aromatic N) is 2. The average Bonchev–Trinajstić information content (AvgIpc) is 2.66. The van der Waals surface area contributed by atoms with Crippen molar-refractivity contribution in [2.24, 2.45) is 10.7 Å². The molecule has 0 aromatic heterocycles. The largest absolute Gasteiger partial charge is 0.486 e. The fraction of sp³-hybridized carbons (Fsp3) is 0.524. The number of methoxy groups -OCH3 is 1. The molecule has 6 nitrogen and oxygen atoms in total. The Labute approximate surface area is 161 Å². The number of fused-ring (bicyclic) bond motifs is 1. The number of ether oxygens (including phenoxy) is 2. The van der Waals surface area contributed by atoms with Gasteiger partial charge < -0.3 is 15.2 Å². The standard InChI is InChI=1S/C21H29N3O3/c1-21(2)11-10-19(25)24(3)20(22)23-17-13-15(8-9-18(17)27-21)14-6-5-7-16(12-14)26-4/h8-9,12-13,16H,5-7,10-11H2,1-4H3,(H2,22,23). The zero-order chi connectivity index (χ0) is 19.6. The number of carbonyl (C=O) groups excluding carboxylic acids is 1. The van der Waals surface area contributed by atoms with E-state index in [4.69, 9.17) is 15.2 Å². The molecule has 1 aromatic rings. The van der Waals surface area contributed by atoms with Crippen LogP contribution in [-0.4, -0.2) is 42.6 Å². The Balaban J connectivity index is 2.04. The van der Waals surface area contributed by atoms with E-state index in [1.165, 1.54) is 10.5 Å². The van der Waals surface area contributed by atoms with Crippen molar-refractivity contribution in [1.82, 2.24) is 4.90 Å². The Kier molecular flexibility index (Phi) is 5.56. The van der Waals surface area contributed by atoms with Crippen LogP contribution in [0.5, 0.6) is 5.75 Å². The third-order valence-electron chi connectivity index (χ3n) is 5.23. The van der Waals surface area contributed by atoms with Gasteiger partial charge in [-0.15, -0.1) is 0 Å². The number of benzene rings is 1. The molecule has 3 rings (SSSR count). The van der Waals surface area contributed by atoms with Crippen LogP contribution in [0.15, 0.2) is 29.3 Å². The van der Waals surface area contributed by atoms with Gasteiger partial charge in [0.2, 0.25) is 11.9 Å². The van der Waals surface area contributed by atoms with E-state index < -0.39 is 5.60 Å². The number of carbonyl (C=O) groups is 1. The second-order valence-corrected chi connectivity index (χ2v) is 7.83. The minimum Gasteiger partial charge on any atom is -0.486 e. The topological polar surface area (TPSA) is 77.2 Å². The van der Waals surface area contributed by atoms with E-state index >= 15 is 0 Å². The number of nitrogens with two attached hydrogens (primary N) is 1. The van der Waals surface area contributed by atoms with Crippen molar-refractivity contribution < 1.29 is 14.3 Å². The predicted octanol–water partition coefficient (Wildman–Crippen LogP) is 3.62. The van der Waals surface area contributed by atoms with Crippen molar-refractivity contribution in [3.63, 3.8) is 0 Å². The fourth-order valence-corrected chi connectivity index (χ4v) is 3.45. The van der Waals surface area contributed by atoms with Crippen molar-refractivity contribution in [1.29, 1.82) is 0 Å². The first kappa shape index (κ1) is 19.4. The van der Waals surface area contributed by atoms with Crippen LogP contribution in [0.2, 0.25) is 0 Å². The lowest BCUT2D eigenvalue weighted by atomic mass is 9.92. The highest BCUT2D eigenvalue weighted by molar-refractivity contribution is 5.97. The van der Waals surface area contributed by atoms with E-state index in [0.29, 0.717) is 24.3 Å². The van der Waals surface area contributed by atoms with Crippen LogP contribution in [0.4, 0.5) is 5.69 Å². The summed E-state index contributed by atoms with van der Waals surface area (Å²) in [6.45, 7) is 3.97. The lowest BCUT2D eigenvalue weighted by molar-refractivity contribution is -0.127. The number of hydrogen-bond donors (Lipinski definition) is 1. The summed E-state index contributed by atoms with van der Waals surface area (Å²) in [4.78, 5) is 18.2. The van der Waals surface area contributed by atoms with E-state index in [9.17, 15) is 4.79 Å². The molecule has 27 heavy (non-hydrogen) atoms. The highest BCUT2D eigenvalue weighted by Gasteiger charge is 2.26. The molecule has 0 fully saturated rings. The Morgan fingerprint density at radius 1 is 1.33 bits per heavy atom. The monoisotopic (exact) mass is 371 g/mol. The highest BCUT2D eigenvalue weighted by atomic mass is 16.5. The molecular formula is C21H29N3O3. The summed E-state index contributed by atoms with van der Waals surface area (Å²) >= 11 is 0. The molecule has 0 spiro atoms. The average molecular weight is 371 g/mol. The molecule has 1 aliphatic heterocycles. The van der Waals surface area contributed by atoms with Gasteiger partial charge in [0.05, 0.1) is 6.10 Å². The van der Waals surface area contributed by atoms with Crippen LogP contribution in [0, 0.1) is 0 Å². The first-order valence-electron chi connectivity index (χ1n) is 9.47. The summed E-state index contributed by atoms with van der Waals surface area (Å²) in [5.74, 6) is 0.786. The van der Waals surface area contributed by atoms with Gasteiger partial charge in [-0.1, -0.05) is 12.1 Å². The quantitative estimate of drug-likeness (QED) is 0.861. The molecule has 0 saturated heterocycles. The Morgan fingerprint density at radius 2 is 2.11 bits per heavy atom. The summed E-state index contributed by atoms with van der Waals surface area (Å²) in [5, 5.41) is 0. The molecule has 1 aromatic carbocycles. The number of amides is 1. The smallest absolute Gasteiger partial charge is 0.229 e. The number of guanidine groups is 1. The minimum absolute atomic E-state index is 0.0644. The number of hydrogen-bond acceptors (Lipinski definition) is 5. The maximum absolute atomic E-state index is 12.3. The van der Waals surface area contributed by atoms with Crippen LogP contribution in [0.1, 0.15) is 51.5 Å². The van der Waals surface area contributed by atoms with Gasteiger partial charge in [0.15, 0.2) is 0 Å². The first-order valence-corrected chi connectivity index (χ1v) is 9.47. The summed E-state index contributed by atoms with van der Waals surface area (Å²) in [7, 11) is 3.40. The molecule has 0 radical (unpaired) electrons. The van der Waals surface area contributed by atoms with Gasteiger partial charge >= 0.3 is 0 Å². The van der Waals surface area contributed by atoms with E-state index in [1.54, 1.807) is 14.2 Å². The van der Waals surface area contributed by atoms with Crippen molar-refractivity contribution in [3.8, 4) is 5.75 Å². The molecule has 1 aliphatic carbocycles. The maximum Gasteiger partial charge on any atom is 0.229 e. The van der Waals surface area contributed by atoms with Crippen LogP contribution in [0.25, 0.3) is 5.57 Å². The zero-order valence-electron chi connectivity index (χ0n) is 16.6. The lowest BCUT2D eigenvalue weighted by Crippen LogP contribution is -2.40. The molecule has 0 bridgehead atoms. The molecule has 1 heterocycles. The number of rotatable bonds is 2. The van der Waals surface area contributed by atoms with Crippen LogP contribution in [-0.2, 0) is 9.53 Å². The van der Waals surface area contributed by atoms with Crippen molar-refractivity contribution in [2.75, 3.05) is 14.2 Å². The van der Waals surface area contributed by atoms with Crippen molar-refractivity contribution >= 4 is 23.1 Å². The van der Waals surface area contributed by atoms with Crippen molar-refractivity contribution in [2.45, 2.75) is 57.7 Å². The molecule has 146 valence electrons. The molecule has 1 unspecified atom stereocenters. The predicted molar refractivity (Wildman–Crippen MR) is 107 cm³/mol. The molecule has 6 heteroatoms. The van der Waals surface area contributed by atoms with Crippen LogP contribution in [0.3, 0.4) is 0 Å². The second-order valence-electron chi connectivity index (χ2n) is 7.83. The molecule has 1 amide bonds. The lowest BCUT2D eigenvalue weighted by Gasteiger charge is -2.29. The molecular weight excluding hydrogens is 342 g/mol. The molecule has 0 saturated carbocycles. The molecule has 2 aliphatic rings.